The third kappa shape index (κ3) is 5.18. The Morgan fingerprint density at radius 3 is 2.79 bits per heavy atom. The molecule has 5 heteroatoms. The molecule has 0 aromatic heterocycles. The van der Waals surface area contributed by atoms with Crippen LogP contribution in [0, 0.1) is 5.92 Å². The van der Waals surface area contributed by atoms with Gasteiger partial charge in [-0.2, -0.15) is 0 Å². The molecule has 19 heavy (non-hydrogen) atoms. The third-order valence-corrected chi connectivity index (χ3v) is 2.99. The van der Waals surface area contributed by atoms with Gasteiger partial charge in [-0.25, -0.2) is 0 Å². The maximum Gasteiger partial charge on any atom is 0.224 e. The normalized spacial score (nSPS) is 11.9. The van der Waals surface area contributed by atoms with Crippen molar-refractivity contribution in [3.63, 3.8) is 0 Å². The zero-order chi connectivity index (χ0) is 14.3. The zero-order valence-corrected chi connectivity index (χ0v) is 11.5. The van der Waals surface area contributed by atoms with E-state index in [0.717, 1.165) is 12.8 Å². The molecule has 1 amide bonds. The quantitative estimate of drug-likeness (QED) is 0.705. The highest BCUT2D eigenvalue weighted by molar-refractivity contribution is 5.91. The molecule has 1 aromatic carbocycles. The molecule has 0 aliphatic rings. The van der Waals surface area contributed by atoms with E-state index in [4.69, 9.17) is 10.5 Å². The van der Waals surface area contributed by atoms with Crippen molar-refractivity contribution in [2.75, 3.05) is 19.0 Å². The SMILES string of the molecule is COc1ccc(NC(=O)CCC(C)CCN)cc1O. The van der Waals surface area contributed by atoms with Gasteiger partial charge in [0, 0.05) is 18.2 Å². The number of nitrogens with two attached hydrogens (primary N) is 1. The molecule has 0 heterocycles. The van der Waals surface area contributed by atoms with Crippen molar-refractivity contribution < 1.29 is 14.6 Å². The smallest absolute Gasteiger partial charge is 0.224 e. The molecule has 1 atom stereocenters. The first-order valence-corrected chi connectivity index (χ1v) is 6.43. The summed E-state index contributed by atoms with van der Waals surface area (Å²) in [6.45, 7) is 2.73. The van der Waals surface area contributed by atoms with Crippen molar-refractivity contribution >= 4 is 11.6 Å². The predicted octanol–water partition coefficient (Wildman–Crippen LogP) is 2.10. The van der Waals surface area contributed by atoms with Crippen molar-refractivity contribution in [3.05, 3.63) is 18.2 Å². The van der Waals surface area contributed by atoms with Crippen LogP contribution in [-0.2, 0) is 4.79 Å². The van der Waals surface area contributed by atoms with Crippen LogP contribution in [0.1, 0.15) is 26.2 Å². The topological polar surface area (TPSA) is 84.6 Å². The summed E-state index contributed by atoms with van der Waals surface area (Å²) in [7, 11) is 1.48. The molecule has 106 valence electrons. The van der Waals surface area contributed by atoms with Crippen LogP contribution < -0.4 is 15.8 Å². The molecule has 0 bridgehead atoms. The maximum atomic E-state index is 11.7. The standard InChI is InChI=1S/C14H22N2O3/c1-10(7-8-15)3-6-14(18)16-11-4-5-13(19-2)12(17)9-11/h4-5,9-10,17H,3,6-8,15H2,1-2H3,(H,16,18). The summed E-state index contributed by atoms with van der Waals surface area (Å²) >= 11 is 0. The van der Waals surface area contributed by atoms with Crippen molar-refractivity contribution in [2.45, 2.75) is 26.2 Å². The van der Waals surface area contributed by atoms with Gasteiger partial charge in [-0.1, -0.05) is 6.92 Å². The maximum absolute atomic E-state index is 11.7. The lowest BCUT2D eigenvalue weighted by Gasteiger charge is -2.11. The summed E-state index contributed by atoms with van der Waals surface area (Å²) in [5.74, 6) is 0.778. The molecular formula is C14H22N2O3. The fraction of sp³-hybridized carbons (Fsp3) is 0.500. The Morgan fingerprint density at radius 1 is 1.47 bits per heavy atom. The number of ether oxygens (including phenoxy) is 1. The first kappa shape index (κ1) is 15.3. The fourth-order valence-corrected chi connectivity index (χ4v) is 1.80. The van der Waals surface area contributed by atoms with Gasteiger partial charge in [0.15, 0.2) is 11.5 Å². The molecule has 0 aliphatic heterocycles. The van der Waals surface area contributed by atoms with Crippen molar-refractivity contribution in [1.29, 1.82) is 0 Å². The summed E-state index contributed by atoms with van der Waals surface area (Å²) in [5.41, 5.74) is 6.03. The van der Waals surface area contributed by atoms with Crippen LogP contribution in [0.4, 0.5) is 5.69 Å². The molecule has 1 aromatic rings. The van der Waals surface area contributed by atoms with E-state index < -0.39 is 0 Å². The second kappa shape index (κ2) is 7.63. The third-order valence-electron chi connectivity index (χ3n) is 2.99. The average molecular weight is 266 g/mol. The second-order valence-corrected chi connectivity index (χ2v) is 4.66. The fourth-order valence-electron chi connectivity index (χ4n) is 1.80. The van der Waals surface area contributed by atoms with Crippen molar-refractivity contribution in [3.8, 4) is 11.5 Å². The summed E-state index contributed by atoms with van der Waals surface area (Å²) in [5, 5.41) is 12.3. The zero-order valence-electron chi connectivity index (χ0n) is 11.5. The minimum absolute atomic E-state index is 0.0109. The molecule has 4 N–H and O–H groups in total. The predicted molar refractivity (Wildman–Crippen MR) is 75.4 cm³/mol. The van der Waals surface area contributed by atoms with E-state index in [0.29, 0.717) is 30.3 Å². The highest BCUT2D eigenvalue weighted by Gasteiger charge is 2.08. The summed E-state index contributed by atoms with van der Waals surface area (Å²) < 4.78 is 4.94. The number of carbonyl (C=O) groups excluding carboxylic acids is 1. The van der Waals surface area contributed by atoms with Gasteiger partial charge in [0.2, 0.25) is 5.91 Å². The Balaban J connectivity index is 2.46. The monoisotopic (exact) mass is 266 g/mol. The van der Waals surface area contributed by atoms with E-state index in [1.165, 1.54) is 13.2 Å². The number of phenolic OH excluding ortho intramolecular Hbond substituents is 1. The van der Waals surface area contributed by atoms with Gasteiger partial charge in [-0.3, -0.25) is 4.79 Å². The van der Waals surface area contributed by atoms with Gasteiger partial charge in [0.05, 0.1) is 7.11 Å². The number of hydrogen-bond donors (Lipinski definition) is 3. The number of amides is 1. The number of carbonyl (C=O) groups is 1. The highest BCUT2D eigenvalue weighted by atomic mass is 16.5. The number of anilines is 1. The molecule has 0 saturated heterocycles. The first-order chi connectivity index (χ1) is 9.06. The van der Waals surface area contributed by atoms with Crippen molar-refractivity contribution in [1.82, 2.24) is 0 Å². The van der Waals surface area contributed by atoms with Gasteiger partial charge in [0.1, 0.15) is 0 Å². The van der Waals surface area contributed by atoms with Crippen LogP contribution >= 0.6 is 0 Å². The van der Waals surface area contributed by atoms with Crippen LogP contribution in [0.25, 0.3) is 0 Å². The second-order valence-electron chi connectivity index (χ2n) is 4.66. The van der Waals surface area contributed by atoms with Gasteiger partial charge >= 0.3 is 0 Å². The van der Waals surface area contributed by atoms with Gasteiger partial charge in [0.25, 0.3) is 0 Å². The molecule has 0 aliphatic carbocycles. The molecule has 1 rings (SSSR count). The van der Waals surface area contributed by atoms with Gasteiger partial charge in [-0.15, -0.1) is 0 Å². The molecule has 5 nitrogen and oxygen atoms in total. The minimum Gasteiger partial charge on any atom is -0.504 e. The van der Waals surface area contributed by atoms with E-state index in [2.05, 4.69) is 12.2 Å². The molecule has 0 spiro atoms. The molecular weight excluding hydrogens is 244 g/mol. The Morgan fingerprint density at radius 2 is 2.21 bits per heavy atom. The van der Waals surface area contributed by atoms with Crippen LogP contribution in [0.3, 0.4) is 0 Å². The van der Waals surface area contributed by atoms with E-state index in [9.17, 15) is 9.90 Å². The van der Waals surface area contributed by atoms with E-state index >= 15 is 0 Å². The van der Waals surface area contributed by atoms with Crippen LogP contribution in [-0.4, -0.2) is 24.7 Å². The van der Waals surface area contributed by atoms with Gasteiger partial charge in [-0.05, 0) is 37.4 Å². The van der Waals surface area contributed by atoms with E-state index in [1.807, 2.05) is 0 Å². The van der Waals surface area contributed by atoms with E-state index in [1.54, 1.807) is 12.1 Å². The Hall–Kier alpha value is -1.75. The number of benzene rings is 1. The van der Waals surface area contributed by atoms with Crippen LogP contribution in [0.5, 0.6) is 11.5 Å². The van der Waals surface area contributed by atoms with Crippen LogP contribution in [0.2, 0.25) is 0 Å². The Labute approximate surface area is 113 Å². The van der Waals surface area contributed by atoms with E-state index in [-0.39, 0.29) is 11.7 Å². The lowest BCUT2D eigenvalue weighted by atomic mass is 10.0. The molecule has 1 unspecified atom stereocenters. The number of aromatic hydroxyl groups is 1. The summed E-state index contributed by atoms with van der Waals surface area (Å²) in [4.78, 5) is 11.7. The number of phenols is 1. The van der Waals surface area contributed by atoms with Gasteiger partial charge < -0.3 is 20.9 Å². The summed E-state index contributed by atoms with van der Waals surface area (Å²) in [6, 6.07) is 4.78. The minimum atomic E-state index is -0.0616. The largest absolute Gasteiger partial charge is 0.504 e. The molecule has 0 radical (unpaired) electrons. The lowest BCUT2D eigenvalue weighted by Crippen LogP contribution is -2.14. The number of rotatable bonds is 7. The average Bonchev–Trinajstić information content (AvgIpc) is 2.37. The Bertz CT molecular complexity index is 421. The van der Waals surface area contributed by atoms with Crippen molar-refractivity contribution in [2.24, 2.45) is 11.7 Å². The number of hydrogen-bond acceptors (Lipinski definition) is 4. The first-order valence-electron chi connectivity index (χ1n) is 6.43. The highest BCUT2D eigenvalue weighted by Crippen LogP contribution is 2.28. The summed E-state index contributed by atoms with van der Waals surface area (Å²) in [6.07, 6.45) is 2.19. The molecule has 0 fully saturated rings. The molecule has 0 saturated carbocycles. The lowest BCUT2D eigenvalue weighted by molar-refractivity contribution is -0.116. The number of methoxy groups -OCH3 is 1. The number of nitrogens with one attached hydrogen (secondary N) is 1. The Kier molecular flexibility index (Phi) is 6.15. The van der Waals surface area contributed by atoms with Crippen LogP contribution in [0.15, 0.2) is 18.2 Å².